The molecular weight excluding hydrogens is 424 g/mol. The van der Waals surface area contributed by atoms with Crippen LogP contribution in [0.1, 0.15) is 32.1 Å². The van der Waals surface area contributed by atoms with Gasteiger partial charge in [0.1, 0.15) is 0 Å². The summed E-state index contributed by atoms with van der Waals surface area (Å²) in [5.74, 6) is -2.43. The Labute approximate surface area is 181 Å². The molecule has 0 atom stereocenters. The molecule has 1 fully saturated rings. The minimum Gasteiger partial charge on any atom is -0.372 e. The van der Waals surface area contributed by atoms with Crippen molar-refractivity contribution < 1.29 is 22.0 Å². The van der Waals surface area contributed by atoms with E-state index in [1.165, 1.54) is 25.3 Å². The Morgan fingerprint density at radius 1 is 1.03 bits per heavy atom. The van der Waals surface area contributed by atoms with Crippen molar-refractivity contribution in [2.24, 2.45) is 0 Å². The lowest BCUT2D eigenvalue weighted by Crippen LogP contribution is -2.31. The zero-order valence-electron chi connectivity index (χ0n) is 17.5. The van der Waals surface area contributed by atoms with E-state index in [0.29, 0.717) is 5.69 Å². The molecule has 0 aromatic heterocycles. The molecule has 3 rings (SSSR count). The molecule has 168 valence electrons. The van der Waals surface area contributed by atoms with E-state index in [4.69, 9.17) is 0 Å². The highest BCUT2D eigenvalue weighted by Gasteiger charge is 2.19. The Morgan fingerprint density at radius 3 is 2.32 bits per heavy atom. The summed E-state index contributed by atoms with van der Waals surface area (Å²) in [5.41, 5.74) is 1.83. The number of rotatable bonds is 8. The van der Waals surface area contributed by atoms with Gasteiger partial charge >= 0.3 is 0 Å². The number of benzene rings is 2. The molecule has 1 amide bonds. The molecule has 0 bridgehead atoms. The number of hydrogen-bond acceptors (Lipinski definition) is 4. The molecule has 31 heavy (non-hydrogen) atoms. The quantitative estimate of drug-likeness (QED) is 0.655. The van der Waals surface area contributed by atoms with Gasteiger partial charge in [0, 0.05) is 43.5 Å². The summed E-state index contributed by atoms with van der Waals surface area (Å²) in [6.45, 7) is 2.06. The molecule has 0 spiro atoms. The first-order chi connectivity index (χ1) is 14.7. The minimum absolute atomic E-state index is 0.0226. The van der Waals surface area contributed by atoms with Crippen LogP contribution < -0.4 is 14.5 Å². The number of hydrogen-bond donors (Lipinski definition) is 1. The summed E-state index contributed by atoms with van der Waals surface area (Å²) in [5, 5.41) is 2.81. The molecule has 1 heterocycles. The smallest absolute Gasteiger partial charge is 0.232 e. The molecule has 1 aliphatic heterocycles. The molecule has 1 N–H and O–H groups in total. The number of sulfonamides is 1. The summed E-state index contributed by atoms with van der Waals surface area (Å²) in [6, 6.07) is 10.6. The molecular formula is C22H27F2N3O3S. The van der Waals surface area contributed by atoms with E-state index in [9.17, 15) is 22.0 Å². The molecule has 6 nitrogen and oxygen atoms in total. The van der Waals surface area contributed by atoms with Crippen LogP contribution in [0.15, 0.2) is 42.5 Å². The highest BCUT2D eigenvalue weighted by molar-refractivity contribution is 7.92. The largest absolute Gasteiger partial charge is 0.372 e. The SMILES string of the molecule is CS(=O)(=O)N(CCCC(=O)Nc1ccc(N2CCCCC2)cc1)c1ccc(F)c(F)c1. The van der Waals surface area contributed by atoms with Gasteiger partial charge in [0.2, 0.25) is 15.9 Å². The maximum atomic E-state index is 13.5. The van der Waals surface area contributed by atoms with Gasteiger partial charge in [-0.3, -0.25) is 9.10 Å². The molecule has 0 unspecified atom stereocenters. The summed E-state index contributed by atoms with van der Waals surface area (Å²) in [6.07, 6.45) is 4.93. The minimum atomic E-state index is -3.71. The van der Waals surface area contributed by atoms with Crippen LogP contribution in [0, 0.1) is 11.6 Å². The molecule has 0 saturated carbocycles. The molecule has 2 aromatic rings. The summed E-state index contributed by atoms with van der Waals surface area (Å²) < 4.78 is 51.8. The van der Waals surface area contributed by atoms with Crippen molar-refractivity contribution in [2.75, 3.05) is 40.4 Å². The fraction of sp³-hybridized carbons (Fsp3) is 0.409. The number of anilines is 3. The zero-order valence-corrected chi connectivity index (χ0v) is 18.3. The molecule has 2 aromatic carbocycles. The highest BCUT2D eigenvalue weighted by Crippen LogP contribution is 2.23. The molecule has 0 aliphatic carbocycles. The maximum absolute atomic E-state index is 13.5. The monoisotopic (exact) mass is 451 g/mol. The number of nitrogens with one attached hydrogen (secondary N) is 1. The summed E-state index contributed by atoms with van der Waals surface area (Å²) >= 11 is 0. The average molecular weight is 452 g/mol. The van der Waals surface area contributed by atoms with Crippen LogP contribution in [0.25, 0.3) is 0 Å². The predicted molar refractivity (Wildman–Crippen MR) is 119 cm³/mol. The normalized spacial score (nSPS) is 14.4. The maximum Gasteiger partial charge on any atom is 0.232 e. The second-order valence-electron chi connectivity index (χ2n) is 7.68. The Balaban J connectivity index is 1.53. The van der Waals surface area contributed by atoms with Crippen molar-refractivity contribution in [3.05, 3.63) is 54.1 Å². The van der Waals surface area contributed by atoms with Gasteiger partial charge in [-0.25, -0.2) is 17.2 Å². The Morgan fingerprint density at radius 2 is 1.71 bits per heavy atom. The van der Waals surface area contributed by atoms with Crippen LogP contribution in [-0.2, 0) is 14.8 Å². The third-order valence-electron chi connectivity index (χ3n) is 5.23. The lowest BCUT2D eigenvalue weighted by Gasteiger charge is -2.28. The number of nitrogens with zero attached hydrogens (tertiary/aromatic N) is 2. The van der Waals surface area contributed by atoms with Crippen molar-refractivity contribution in [3.8, 4) is 0 Å². The van der Waals surface area contributed by atoms with E-state index in [1.54, 1.807) is 0 Å². The van der Waals surface area contributed by atoms with E-state index in [0.717, 1.165) is 41.5 Å². The van der Waals surface area contributed by atoms with Gasteiger partial charge in [0.25, 0.3) is 0 Å². The first kappa shape index (κ1) is 23.0. The lowest BCUT2D eigenvalue weighted by molar-refractivity contribution is -0.116. The van der Waals surface area contributed by atoms with Crippen molar-refractivity contribution in [2.45, 2.75) is 32.1 Å². The molecule has 9 heteroatoms. The zero-order chi connectivity index (χ0) is 22.4. The number of amides is 1. The predicted octanol–water partition coefficient (Wildman–Crippen LogP) is 4.14. The van der Waals surface area contributed by atoms with E-state index < -0.39 is 21.7 Å². The summed E-state index contributed by atoms with van der Waals surface area (Å²) in [7, 11) is -3.71. The van der Waals surface area contributed by atoms with Gasteiger partial charge in [0.05, 0.1) is 11.9 Å². The van der Waals surface area contributed by atoms with Crippen molar-refractivity contribution >= 4 is 33.0 Å². The van der Waals surface area contributed by atoms with Crippen molar-refractivity contribution in [3.63, 3.8) is 0 Å². The standard InChI is InChI=1S/C22H27F2N3O3S/c1-31(29,30)27(19-11-12-20(23)21(24)16-19)15-5-6-22(28)25-17-7-9-18(10-8-17)26-13-3-2-4-14-26/h7-12,16H,2-6,13-15H2,1H3,(H,25,28). The van der Waals surface area contributed by atoms with Crippen molar-refractivity contribution in [1.29, 1.82) is 0 Å². The van der Waals surface area contributed by atoms with Crippen LogP contribution in [0.5, 0.6) is 0 Å². The number of carbonyl (C=O) groups is 1. The molecule has 1 aliphatic rings. The van der Waals surface area contributed by atoms with E-state index >= 15 is 0 Å². The van der Waals surface area contributed by atoms with Gasteiger partial charge < -0.3 is 10.2 Å². The van der Waals surface area contributed by atoms with Gasteiger partial charge in [-0.2, -0.15) is 0 Å². The van der Waals surface area contributed by atoms with Gasteiger partial charge in [-0.15, -0.1) is 0 Å². The topological polar surface area (TPSA) is 69.7 Å². The number of carbonyl (C=O) groups excluding carboxylic acids is 1. The van der Waals surface area contributed by atoms with E-state index in [1.807, 2.05) is 24.3 Å². The Kier molecular flexibility index (Phi) is 7.48. The van der Waals surface area contributed by atoms with Crippen molar-refractivity contribution in [1.82, 2.24) is 0 Å². The van der Waals surface area contributed by atoms with Crippen LogP contribution in [0.2, 0.25) is 0 Å². The fourth-order valence-electron chi connectivity index (χ4n) is 3.64. The van der Waals surface area contributed by atoms with E-state index in [2.05, 4.69) is 10.2 Å². The van der Waals surface area contributed by atoms with Gasteiger partial charge in [-0.05, 0) is 62.1 Å². The second kappa shape index (κ2) is 10.1. The number of piperidine rings is 1. The highest BCUT2D eigenvalue weighted by atomic mass is 32.2. The molecule has 0 radical (unpaired) electrons. The molecule has 1 saturated heterocycles. The van der Waals surface area contributed by atoms with Crippen LogP contribution in [0.4, 0.5) is 25.8 Å². The third kappa shape index (κ3) is 6.40. The van der Waals surface area contributed by atoms with Crippen LogP contribution in [-0.4, -0.2) is 40.2 Å². The van der Waals surface area contributed by atoms with Gasteiger partial charge in [0.15, 0.2) is 11.6 Å². The first-order valence-corrected chi connectivity index (χ1v) is 12.2. The Hall–Kier alpha value is -2.68. The third-order valence-corrected chi connectivity index (χ3v) is 6.42. The van der Waals surface area contributed by atoms with Crippen LogP contribution in [0.3, 0.4) is 0 Å². The van der Waals surface area contributed by atoms with Crippen LogP contribution >= 0.6 is 0 Å². The first-order valence-electron chi connectivity index (χ1n) is 10.3. The lowest BCUT2D eigenvalue weighted by atomic mass is 10.1. The second-order valence-corrected chi connectivity index (χ2v) is 9.59. The van der Waals surface area contributed by atoms with E-state index in [-0.39, 0.29) is 31.0 Å². The van der Waals surface area contributed by atoms with Gasteiger partial charge in [-0.1, -0.05) is 0 Å². The Bertz CT molecular complexity index is 1010. The fourth-order valence-corrected chi connectivity index (χ4v) is 4.60. The number of halogens is 2. The summed E-state index contributed by atoms with van der Waals surface area (Å²) in [4.78, 5) is 14.6. The average Bonchev–Trinajstić information content (AvgIpc) is 2.74.